The van der Waals surface area contributed by atoms with Gasteiger partial charge >= 0.3 is 0 Å². The number of thiophene rings is 1. The largest absolute Gasteiger partial charge is 0.394 e. The Labute approximate surface area is 133 Å². The maximum absolute atomic E-state index is 12.6. The minimum absolute atomic E-state index is 0.0617. The highest BCUT2D eigenvalue weighted by atomic mass is 32.1. The highest BCUT2D eigenvalue weighted by Gasteiger charge is 2.14. The lowest BCUT2D eigenvalue weighted by molar-refractivity contribution is 0.0499. The second-order valence-corrected chi connectivity index (χ2v) is 5.85. The summed E-state index contributed by atoms with van der Waals surface area (Å²) in [4.78, 5) is 25.4. The molecular weight excluding hydrogens is 318 g/mol. The fraction of sp³-hybridized carbons (Fsp3) is 0.214. The van der Waals surface area contributed by atoms with Gasteiger partial charge in [-0.2, -0.15) is 4.98 Å². The van der Waals surface area contributed by atoms with Crippen molar-refractivity contribution in [1.29, 1.82) is 0 Å². The summed E-state index contributed by atoms with van der Waals surface area (Å²) in [6, 6.07) is 3.92. The molecule has 8 nitrogen and oxygen atoms in total. The molecular formula is C14H13N5O3S. The second kappa shape index (κ2) is 5.61. The molecule has 0 radical (unpaired) electrons. The zero-order chi connectivity index (χ0) is 15.8. The number of hydrogen-bond acceptors (Lipinski definition) is 6. The first-order chi connectivity index (χ1) is 11.3. The van der Waals surface area contributed by atoms with Crippen LogP contribution in [0.5, 0.6) is 0 Å². The highest BCUT2D eigenvalue weighted by Crippen LogP contribution is 2.23. The summed E-state index contributed by atoms with van der Waals surface area (Å²) < 4.78 is 8.37. The Bertz CT molecular complexity index is 1010. The molecule has 0 spiro atoms. The van der Waals surface area contributed by atoms with Crippen LogP contribution in [-0.4, -0.2) is 42.2 Å². The van der Waals surface area contributed by atoms with Crippen molar-refractivity contribution in [3.05, 3.63) is 40.4 Å². The number of rotatable bonds is 5. The van der Waals surface area contributed by atoms with E-state index in [1.165, 1.54) is 10.7 Å². The molecule has 4 heterocycles. The van der Waals surface area contributed by atoms with Crippen LogP contribution in [0.15, 0.2) is 34.8 Å². The van der Waals surface area contributed by atoms with Crippen molar-refractivity contribution >= 4 is 28.3 Å². The van der Waals surface area contributed by atoms with Crippen LogP contribution in [-0.2, 0) is 11.5 Å². The smallest absolute Gasteiger partial charge is 0.287 e. The lowest BCUT2D eigenvalue weighted by Crippen LogP contribution is -2.14. The number of aromatic amines is 1. The third-order valence-corrected chi connectivity index (χ3v) is 4.33. The van der Waals surface area contributed by atoms with Crippen molar-refractivity contribution in [2.24, 2.45) is 0 Å². The maximum atomic E-state index is 12.6. The summed E-state index contributed by atoms with van der Waals surface area (Å²) in [5.74, 6) is 0.454. The molecule has 0 aliphatic carbocycles. The molecule has 0 aliphatic heterocycles. The zero-order valence-corrected chi connectivity index (χ0v) is 12.8. The summed E-state index contributed by atoms with van der Waals surface area (Å²) in [5.41, 5.74) is 1.34. The van der Waals surface area contributed by atoms with E-state index >= 15 is 0 Å². The predicted octanol–water partition coefficient (Wildman–Crippen LogP) is 1.07. The van der Waals surface area contributed by atoms with Gasteiger partial charge in [-0.3, -0.25) is 9.36 Å². The first kappa shape index (κ1) is 14.1. The maximum Gasteiger partial charge on any atom is 0.287 e. The number of aliphatic hydroxyl groups excluding tert-OH is 1. The molecule has 4 aromatic heterocycles. The lowest BCUT2D eigenvalue weighted by Gasteiger charge is -2.03. The van der Waals surface area contributed by atoms with Crippen LogP contribution in [0.3, 0.4) is 0 Å². The van der Waals surface area contributed by atoms with Crippen LogP contribution < -0.4 is 5.56 Å². The SMILES string of the molecule is O=c1c2ncn(COCCO)c2nc2[nH]c(-c3cccs3)cn12. The monoisotopic (exact) mass is 331 g/mol. The number of ether oxygens (including phenoxy) is 1. The van der Waals surface area contributed by atoms with Gasteiger partial charge in [-0.25, -0.2) is 9.38 Å². The van der Waals surface area contributed by atoms with E-state index in [4.69, 9.17) is 9.84 Å². The van der Waals surface area contributed by atoms with Crippen LogP contribution in [0.25, 0.3) is 27.5 Å². The summed E-state index contributed by atoms with van der Waals surface area (Å²) in [6.45, 7) is 0.331. The molecule has 0 aromatic carbocycles. The van der Waals surface area contributed by atoms with E-state index in [1.54, 1.807) is 22.1 Å². The van der Waals surface area contributed by atoms with Gasteiger partial charge < -0.3 is 14.8 Å². The number of aliphatic hydroxyl groups is 1. The Balaban J connectivity index is 1.84. The van der Waals surface area contributed by atoms with E-state index in [9.17, 15) is 4.79 Å². The van der Waals surface area contributed by atoms with Gasteiger partial charge in [-0.15, -0.1) is 11.3 Å². The third-order valence-electron chi connectivity index (χ3n) is 3.43. The lowest BCUT2D eigenvalue weighted by atomic mass is 10.4. The van der Waals surface area contributed by atoms with Crippen LogP contribution in [0.1, 0.15) is 0 Å². The van der Waals surface area contributed by atoms with E-state index in [0.717, 1.165) is 10.6 Å². The average molecular weight is 331 g/mol. The fourth-order valence-corrected chi connectivity index (χ4v) is 3.07. The first-order valence-electron chi connectivity index (χ1n) is 6.96. The molecule has 0 saturated carbocycles. The summed E-state index contributed by atoms with van der Waals surface area (Å²) in [6.07, 6.45) is 3.24. The number of nitrogens with zero attached hydrogens (tertiary/aromatic N) is 4. The van der Waals surface area contributed by atoms with E-state index in [-0.39, 0.29) is 31.0 Å². The molecule has 118 valence electrons. The summed E-state index contributed by atoms with van der Waals surface area (Å²) >= 11 is 1.58. The van der Waals surface area contributed by atoms with E-state index < -0.39 is 0 Å². The van der Waals surface area contributed by atoms with Crippen LogP contribution in [0.2, 0.25) is 0 Å². The highest BCUT2D eigenvalue weighted by molar-refractivity contribution is 7.13. The van der Waals surface area contributed by atoms with Gasteiger partial charge in [0.15, 0.2) is 11.2 Å². The average Bonchev–Trinajstić information content (AvgIpc) is 3.26. The molecule has 4 rings (SSSR count). The zero-order valence-electron chi connectivity index (χ0n) is 12.0. The topological polar surface area (TPSA) is 97.4 Å². The molecule has 23 heavy (non-hydrogen) atoms. The summed E-state index contributed by atoms with van der Waals surface area (Å²) in [7, 11) is 0. The van der Waals surface area contributed by atoms with E-state index in [2.05, 4.69) is 15.0 Å². The number of aromatic nitrogens is 5. The van der Waals surface area contributed by atoms with Gasteiger partial charge in [-0.1, -0.05) is 6.07 Å². The molecule has 2 N–H and O–H groups in total. The first-order valence-corrected chi connectivity index (χ1v) is 7.84. The molecule has 0 bridgehead atoms. The standard InChI is InChI=1S/C14H13N5O3S/c20-3-4-22-8-18-7-15-11-12(18)17-14-16-9(6-19(14)13(11)21)10-2-1-5-23-10/h1-2,5-7,20H,3-4,8H2,(H,16,17). The van der Waals surface area contributed by atoms with Crippen LogP contribution >= 0.6 is 11.3 Å². The van der Waals surface area contributed by atoms with Crippen molar-refractivity contribution in [2.45, 2.75) is 6.73 Å². The van der Waals surface area contributed by atoms with Gasteiger partial charge in [0, 0.05) is 6.20 Å². The number of hydrogen-bond donors (Lipinski definition) is 2. The number of fused-ring (bicyclic) bond motifs is 2. The Morgan fingerprint density at radius 3 is 3.13 bits per heavy atom. The predicted molar refractivity (Wildman–Crippen MR) is 85.5 cm³/mol. The number of nitrogens with one attached hydrogen (secondary N) is 1. The molecule has 0 amide bonds. The van der Waals surface area contributed by atoms with Gasteiger partial charge in [0.25, 0.3) is 5.56 Å². The second-order valence-electron chi connectivity index (χ2n) is 4.90. The van der Waals surface area contributed by atoms with Crippen molar-refractivity contribution in [1.82, 2.24) is 23.9 Å². The van der Waals surface area contributed by atoms with Gasteiger partial charge in [0.1, 0.15) is 6.73 Å². The Hall–Kier alpha value is -2.49. The van der Waals surface area contributed by atoms with Crippen LogP contribution in [0, 0.1) is 0 Å². The van der Waals surface area contributed by atoms with Gasteiger partial charge in [-0.05, 0) is 11.4 Å². The van der Waals surface area contributed by atoms with Crippen molar-refractivity contribution in [2.75, 3.05) is 13.2 Å². The van der Waals surface area contributed by atoms with Crippen molar-refractivity contribution < 1.29 is 9.84 Å². The van der Waals surface area contributed by atoms with E-state index in [1.807, 2.05) is 17.5 Å². The minimum atomic E-state index is -0.232. The minimum Gasteiger partial charge on any atom is -0.394 e. The normalized spacial score (nSPS) is 11.7. The number of H-pyrrole nitrogens is 1. The molecule has 9 heteroatoms. The van der Waals surface area contributed by atoms with Crippen molar-refractivity contribution in [3.63, 3.8) is 0 Å². The van der Waals surface area contributed by atoms with Gasteiger partial charge in [0.05, 0.1) is 30.1 Å². The van der Waals surface area contributed by atoms with Crippen molar-refractivity contribution in [3.8, 4) is 10.6 Å². The summed E-state index contributed by atoms with van der Waals surface area (Å²) in [5, 5.41) is 10.7. The fourth-order valence-electron chi connectivity index (χ4n) is 2.38. The number of imidazole rings is 2. The molecule has 0 atom stereocenters. The molecule has 0 fully saturated rings. The molecule has 4 aromatic rings. The Morgan fingerprint density at radius 1 is 1.43 bits per heavy atom. The van der Waals surface area contributed by atoms with Gasteiger partial charge in [0.2, 0.25) is 5.78 Å². The molecule has 0 saturated heterocycles. The Kier molecular flexibility index (Phi) is 3.45. The van der Waals surface area contributed by atoms with Crippen LogP contribution in [0.4, 0.5) is 0 Å². The third kappa shape index (κ3) is 2.34. The molecule has 0 unspecified atom stereocenters. The quantitative estimate of drug-likeness (QED) is 0.533. The Morgan fingerprint density at radius 2 is 2.35 bits per heavy atom. The molecule has 0 aliphatic rings. The van der Waals surface area contributed by atoms with E-state index in [0.29, 0.717) is 11.4 Å².